The van der Waals surface area contributed by atoms with Crippen LogP contribution >= 0.6 is 0 Å². The van der Waals surface area contributed by atoms with Gasteiger partial charge < -0.3 is 9.64 Å². The molecule has 0 aliphatic carbocycles. The van der Waals surface area contributed by atoms with Crippen molar-refractivity contribution < 1.29 is 4.74 Å². The van der Waals surface area contributed by atoms with E-state index in [-0.39, 0.29) is 0 Å². The lowest BCUT2D eigenvalue weighted by atomic mass is 10.1. The van der Waals surface area contributed by atoms with Crippen molar-refractivity contribution in [2.75, 3.05) is 31.2 Å². The van der Waals surface area contributed by atoms with Crippen molar-refractivity contribution in [2.24, 2.45) is 0 Å². The van der Waals surface area contributed by atoms with Gasteiger partial charge in [0.05, 0.1) is 25.7 Å². The van der Waals surface area contributed by atoms with Crippen LogP contribution in [0.1, 0.15) is 12.0 Å². The van der Waals surface area contributed by atoms with Crippen LogP contribution < -0.4 is 4.90 Å². The summed E-state index contributed by atoms with van der Waals surface area (Å²) in [7, 11) is 0. The number of allylic oxidation sites excluding steroid dienone is 1. The Balaban J connectivity index is 2.08. The molecule has 0 saturated carbocycles. The molecule has 0 N–H and O–H groups in total. The van der Waals surface area contributed by atoms with Crippen molar-refractivity contribution in [2.45, 2.75) is 6.42 Å². The van der Waals surface area contributed by atoms with E-state index in [1.54, 1.807) is 0 Å². The van der Waals surface area contributed by atoms with Crippen LogP contribution in [0, 0.1) is 11.3 Å². The zero-order valence-electron chi connectivity index (χ0n) is 9.80. The Kier molecular flexibility index (Phi) is 4.17. The molecular formula is C14H16N2O. The Morgan fingerprint density at radius 3 is 2.94 bits per heavy atom. The van der Waals surface area contributed by atoms with Crippen LogP contribution in [0.5, 0.6) is 0 Å². The van der Waals surface area contributed by atoms with E-state index >= 15 is 0 Å². The van der Waals surface area contributed by atoms with Crippen LogP contribution in [0.25, 0.3) is 6.08 Å². The van der Waals surface area contributed by atoms with Gasteiger partial charge in [-0.3, -0.25) is 0 Å². The van der Waals surface area contributed by atoms with E-state index in [2.05, 4.69) is 35.2 Å². The minimum atomic E-state index is 0.460. The third kappa shape index (κ3) is 3.33. The molecule has 0 amide bonds. The first-order valence-electron chi connectivity index (χ1n) is 5.86. The molecule has 17 heavy (non-hydrogen) atoms. The van der Waals surface area contributed by atoms with Crippen molar-refractivity contribution in [1.29, 1.82) is 5.26 Å². The second-order valence-electron chi connectivity index (χ2n) is 3.96. The molecule has 0 spiro atoms. The molecule has 1 heterocycles. The molecule has 1 aliphatic heterocycles. The van der Waals surface area contributed by atoms with Gasteiger partial charge in [0.15, 0.2) is 0 Å². The highest BCUT2D eigenvalue weighted by molar-refractivity contribution is 5.58. The van der Waals surface area contributed by atoms with E-state index in [1.165, 1.54) is 5.69 Å². The summed E-state index contributed by atoms with van der Waals surface area (Å²) in [5.41, 5.74) is 2.37. The third-order valence-electron chi connectivity index (χ3n) is 2.77. The molecule has 1 aromatic carbocycles. The van der Waals surface area contributed by atoms with Crippen LogP contribution in [0.2, 0.25) is 0 Å². The molecular weight excluding hydrogens is 212 g/mol. The van der Waals surface area contributed by atoms with Gasteiger partial charge in [-0.1, -0.05) is 24.3 Å². The predicted molar refractivity (Wildman–Crippen MR) is 68.7 cm³/mol. The first kappa shape index (κ1) is 11.7. The Morgan fingerprint density at radius 2 is 2.18 bits per heavy atom. The lowest BCUT2D eigenvalue weighted by Gasteiger charge is -2.29. The fraction of sp³-hybridized carbons (Fsp3) is 0.357. The Bertz CT molecular complexity index is 428. The largest absolute Gasteiger partial charge is 0.378 e. The summed E-state index contributed by atoms with van der Waals surface area (Å²) >= 11 is 0. The number of nitrogens with zero attached hydrogens (tertiary/aromatic N) is 2. The van der Waals surface area contributed by atoms with Gasteiger partial charge in [-0.05, 0) is 17.7 Å². The van der Waals surface area contributed by atoms with Gasteiger partial charge in [0.25, 0.3) is 0 Å². The van der Waals surface area contributed by atoms with E-state index in [0.29, 0.717) is 6.42 Å². The highest BCUT2D eigenvalue weighted by Gasteiger charge is 2.10. The fourth-order valence-corrected chi connectivity index (χ4v) is 1.89. The third-order valence-corrected chi connectivity index (χ3v) is 2.77. The minimum Gasteiger partial charge on any atom is -0.378 e. The molecule has 3 nitrogen and oxygen atoms in total. The van der Waals surface area contributed by atoms with Crippen molar-refractivity contribution in [3.05, 3.63) is 35.9 Å². The quantitative estimate of drug-likeness (QED) is 0.797. The second kappa shape index (κ2) is 6.07. The van der Waals surface area contributed by atoms with E-state index in [9.17, 15) is 0 Å². The van der Waals surface area contributed by atoms with Gasteiger partial charge in [0.2, 0.25) is 0 Å². The van der Waals surface area contributed by atoms with Crippen LogP contribution in [0.3, 0.4) is 0 Å². The molecule has 1 saturated heterocycles. The Hall–Kier alpha value is -1.79. The second-order valence-corrected chi connectivity index (χ2v) is 3.96. The summed E-state index contributed by atoms with van der Waals surface area (Å²) in [5, 5.41) is 8.48. The Labute approximate surface area is 102 Å². The topological polar surface area (TPSA) is 36.3 Å². The maximum atomic E-state index is 8.48. The van der Waals surface area contributed by atoms with Gasteiger partial charge in [0, 0.05) is 18.8 Å². The summed E-state index contributed by atoms with van der Waals surface area (Å²) in [6.07, 6.45) is 4.34. The molecule has 0 radical (unpaired) electrons. The zero-order valence-corrected chi connectivity index (χ0v) is 9.80. The molecule has 88 valence electrons. The number of ether oxygens (including phenoxy) is 1. The molecule has 1 aliphatic rings. The van der Waals surface area contributed by atoms with Crippen LogP contribution in [0.4, 0.5) is 5.69 Å². The van der Waals surface area contributed by atoms with Crippen LogP contribution in [0.15, 0.2) is 30.3 Å². The van der Waals surface area contributed by atoms with Crippen molar-refractivity contribution in [3.63, 3.8) is 0 Å². The maximum Gasteiger partial charge on any atom is 0.0663 e. The number of hydrogen-bond donors (Lipinski definition) is 0. The van der Waals surface area contributed by atoms with Crippen molar-refractivity contribution >= 4 is 11.8 Å². The van der Waals surface area contributed by atoms with Crippen molar-refractivity contribution in [3.8, 4) is 6.07 Å². The summed E-state index contributed by atoms with van der Waals surface area (Å²) in [6.45, 7) is 3.50. The number of rotatable bonds is 3. The lowest BCUT2D eigenvalue weighted by Crippen LogP contribution is -2.36. The van der Waals surface area contributed by atoms with E-state index in [4.69, 9.17) is 10.00 Å². The van der Waals surface area contributed by atoms with Gasteiger partial charge >= 0.3 is 0 Å². The molecule has 1 aromatic rings. The predicted octanol–water partition coefficient (Wildman–Crippen LogP) is 2.45. The first-order valence-corrected chi connectivity index (χ1v) is 5.86. The van der Waals surface area contributed by atoms with Crippen LogP contribution in [-0.4, -0.2) is 26.3 Å². The van der Waals surface area contributed by atoms with Gasteiger partial charge in [-0.2, -0.15) is 5.26 Å². The smallest absolute Gasteiger partial charge is 0.0663 e. The summed E-state index contributed by atoms with van der Waals surface area (Å²) < 4.78 is 5.34. The molecule has 1 fully saturated rings. The lowest BCUT2D eigenvalue weighted by molar-refractivity contribution is 0.122. The van der Waals surface area contributed by atoms with Gasteiger partial charge in [0.1, 0.15) is 0 Å². The van der Waals surface area contributed by atoms with E-state index < -0.39 is 0 Å². The summed E-state index contributed by atoms with van der Waals surface area (Å²) in [6, 6.07) is 10.5. The molecule has 0 unspecified atom stereocenters. The normalized spacial score (nSPS) is 16.1. The maximum absolute atomic E-state index is 8.48. The fourth-order valence-electron chi connectivity index (χ4n) is 1.89. The highest BCUT2D eigenvalue weighted by Crippen LogP contribution is 2.18. The SMILES string of the molecule is N#CCC=Cc1cccc(N2CCOCC2)c1. The van der Waals surface area contributed by atoms with E-state index in [1.807, 2.05) is 12.2 Å². The summed E-state index contributed by atoms with van der Waals surface area (Å²) in [5.74, 6) is 0. The standard InChI is InChI=1S/C14H16N2O/c15-7-2-1-4-13-5-3-6-14(12-13)16-8-10-17-11-9-16/h1,3-6,12H,2,8-11H2. The number of anilines is 1. The number of benzene rings is 1. The van der Waals surface area contributed by atoms with Gasteiger partial charge in [-0.25, -0.2) is 0 Å². The Morgan fingerprint density at radius 1 is 1.35 bits per heavy atom. The van der Waals surface area contributed by atoms with Gasteiger partial charge in [-0.15, -0.1) is 0 Å². The van der Waals surface area contributed by atoms with E-state index in [0.717, 1.165) is 31.9 Å². The number of morpholine rings is 1. The monoisotopic (exact) mass is 228 g/mol. The molecule has 0 atom stereocenters. The molecule has 3 heteroatoms. The number of hydrogen-bond acceptors (Lipinski definition) is 3. The minimum absolute atomic E-state index is 0.460. The summed E-state index contributed by atoms with van der Waals surface area (Å²) in [4.78, 5) is 2.32. The molecule has 0 aromatic heterocycles. The zero-order chi connectivity index (χ0) is 11.9. The highest BCUT2D eigenvalue weighted by atomic mass is 16.5. The molecule has 0 bridgehead atoms. The van der Waals surface area contributed by atoms with Crippen molar-refractivity contribution in [1.82, 2.24) is 0 Å². The average Bonchev–Trinajstić information content (AvgIpc) is 2.41. The average molecular weight is 228 g/mol. The van der Waals surface area contributed by atoms with Crippen LogP contribution in [-0.2, 0) is 4.74 Å². The number of nitriles is 1. The molecule has 2 rings (SSSR count). The first-order chi connectivity index (χ1) is 8.40.